The van der Waals surface area contributed by atoms with Crippen molar-refractivity contribution < 1.29 is 18.3 Å². The summed E-state index contributed by atoms with van der Waals surface area (Å²) in [4.78, 5) is 0. The fourth-order valence-electron chi connectivity index (χ4n) is 3.97. The second-order valence-electron chi connectivity index (χ2n) is 7.21. The third-order valence-corrected chi connectivity index (χ3v) is 6.12. The number of nitrogens with one attached hydrogen (secondary N) is 1. The summed E-state index contributed by atoms with van der Waals surface area (Å²) in [7, 11) is 0. The van der Waals surface area contributed by atoms with Gasteiger partial charge in [0.2, 0.25) is 0 Å². The molecule has 148 valence electrons. The fourth-order valence-corrected chi connectivity index (χ4v) is 4.30. The number of aliphatic hydroxyl groups is 1. The van der Waals surface area contributed by atoms with Crippen molar-refractivity contribution in [1.82, 2.24) is 5.32 Å². The summed E-state index contributed by atoms with van der Waals surface area (Å²) in [6, 6.07) is 8.47. The molecular formula is C21H18Cl2F3NO. The molecule has 0 aliphatic carbocycles. The van der Waals surface area contributed by atoms with Crippen LogP contribution in [0.1, 0.15) is 36.5 Å². The largest absolute Gasteiger partial charge is 0.416 e. The molecule has 0 radical (unpaired) electrons. The standard InChI is InChI=1S/C21H18Cl2F3NO/c22-17-8-11-7-16(20(28)19-3-1-2-6-27-19)13-5-4-12(21(24,25)26)9-15(13)14(11)10-18(17)23/h4-5,7-10,19-20,27-28H,1-3,6H2/t19-,20+/m0/s1. The number of hydrogen-bond donors (Lipinski definition) is 2. The van der Waals surface area contributed by atoms with Gasteiger partial charge in [0.15, 0.2) is 0 Å². The Kier molecular flexibility index (Phi) is 5.21. The summed E-state index contributed by atoms with van der Waals surface area (Å²) in [5.41, 5.74) is -0.149. The SMILES string of the molecule is O[C@H](c1cc2cc(Cl)c(Cl)cc2c2cc(C(F)(F)F)ccc12)[C@@H]1CCCCN1. The Morgan fingerprint density at radius 1 is 0.964 bits per heavy atom. The lowest BCUT2D eigenvalue weighted by Crippen LogP contribution is -2.38. The smallest absolute Gasteiger partial charge is 0.387 e. The van der Waals surface area contributed by atoms with Crippen molar-refractivity contribution in [3.8, 4) is 0 Å². The molecule has 3 aromatic rings. The van der Waals surface area contributed by atoms with E-state index in [-0.39, 0.29) is 11.1 Å². The summed E-state index contributed by atoms with van der Waals surface area (Å²) in [6.07, 6.45) is -2.44. The molecule has 1 aliphatic heterocycles. The van der Waals surface area contributed by atoms with Crippen LogP contribution >= 0.6 is 23.2 Å². The van der Waals surface area contributed by atoms with E-state index in [0.717, 1.165) is 37.9 Å². The van der Waals surface area contributed by atoms with Crippen LogP contribution < -0.4 is 5.32 Å². The third-order valence-electron chi connectivity index (χ3n) is 5.40. The molecule has 7 heteroatoms. The van der Waals surface area contributed by atoms with Crippen LogP contribution in [0.3, 0.4) is 0 Å². The minimum absolute atomic E-state index is 0.139. The zero-order valence-corrected chi connectivity index (χ0v) is 16.3. The lowest BCUT2D eigenvalue weighted by atomic mass is 9.88. The van der Waals surface area contributed by atoms with Gasteiger partial charge in [-0.1, -0.05) is 35.7 Å². The lowest BCUT2D eigenvalue weighted by molar-refractivity contribution is -0.137. The molecule has 0 amide bonds. The van der Waals surface area contributed by atoms with Gasteiger partial charge >= 0.3 is 6.18 Å². The maximum Gasteiger partial charge on any atom is 0.416 e. The zero-order valence-electron chi connectivity index (χ0n) is 14.8. The van der Waals surface area contributed by atoms with E-state index in [1.807, 2.05) is 0 Å². The molecule has 0 bridgehead atoms. The van der Waals surface area contributed by atoms with E-state index in [2.05, 4.69) is 5.32 Å². The van der Waals surface area contributed by atoms with Gasteiger partial charge in [-0.25, -0.2) is 0 Å². The Morgan fingerprint density at radius 3 is 2.39 bits per heavy atom. The van der Waals surface area contributed by atoms with Gasteiger partial charge in [-0.15, -0.1) is 0 Å². The topological polar surface area (TPSA) is 32.3 Å². The molecule has 2 N–H and O–H groups in total. The lowest BCUT2D eigenvalue weighted by Gasteiger charge is -2.29. The molecule has 0 saturated carbocycles. The second-order valence-corrected chi connectivity index (χ2v) is 8.03. The van der Waals surface area contributed by atoms with Gasteiger partial charge in [0.25, 0.3) is 0 Å². The summed E-state index contributed by atoms with van der Waals surface area (Å²) in [5.74, 6) is 0. The minimum Gasteiger partial charge on any atom is -0.387 e. The summed E-state index contributed by atoms with van der Waals surface area (Å²) in [5, 5.41) is 17.1. The molecule has 3 aromatic carbocycles. The number of benzene rings is 3. The highest BCUT2D eigenvalue weighted by Gasteiger charge is 2.31. The van der Waals surface area contributed by atoms with Crippen LogP contribution in [0, 0.1) is 0 Å². The van der Waals surface area contributed by atoms with Crippen molar-refractivity contribution in [3.05, 3.63) is 57.6 Å². The normalized spacial score (nSPS) is 19.3. The molecule has 2 atom stereocenters. The first-order valence-electron chi connectivity index (χ1n) is 9.10. The Labute approximate surface area is 170 Å². The number of hydrogen-bond acceptors (Lipinski definition) is 2. The Morgan fingerprint density at radius 2 is 1.71 bits per heavy atom. The summed E-state index contributed by atoms with van der Waals surface area (Å²) >= 11 is 12.3. The predicted octanol–water partition coefficient (Wildman–Crippen LogP) is 6.49. The molecule has 2 nitrogen and oxygen atoms in total. The maximum absolute atomic E-state index is 13.3. The molecule has 28 heavy (non-hydrogen) atoms. The Bertz CT molecular complexity index is 1050. The molecule has 0 unspecified atom stereocenters. The first-order chi connectivity index (χ1) is 13.3. The van der Waals surface area contributed by atoms with Crippen LogP contribution in [0.15, 0.2) is 36.4 Å². The molecule has 1 heterocycles. The van der Waals surface area contributed by atoms with Crippen molar-refractivity contribution in [2.24, 2.45) is 0 Å². The van der Waals surface area contributed by atoms with Gasteiger partial charge in [-0.3, -0.25) is 0 Å². The average molecular weight is 428 g/mol. The van der Waals surface area contributed by atoms with Crippen molar-refractivity contribution in [2.45, 2.75) is 37.6 Å². The quantitative estimate of drug-likeness (QED) is 0.457. The van der Waals surface area contributed by atoms with E-state index in [9.17, 15) is 18.3 Å². The maximum atomic E-state index is 13.3. The molecule has 0 spiro atoms. The van der Waals surface area contributed by atoms with Crippen molar-refractivity contribution in [2.75, 3.05) is 6.54 Å². The van der Waals surface area contributed by atoms with Crippen LogP contribution in [0.4, 0.5) is 13.2 Å². The van der Waals surface area contributed by atoms with Gasteiger partial charge < -0.3 is 10.4 Å². The van der Waals surface area contributed by atoms with Gasteiger partial charge in [0.05, 0.1) is 21.7 Å². The third kappa shape index (κ3) is 3.57. The van der Waals surface area contributed by atoms with E-state index in [0.29, 0.717) is 32.1 Å². The second kappa shape index (κ2) is 7.38. The van der Waals surface area contributed by atoms with Crippen LogP contribution in [0.5, 0.6) is 0 Å². The number of rotatable bonds is 2. The summed E-state index contributed by atoms with van der Waals surface area (Å²) < 4.78 is 39.9. The number of piperidine rings is 1. The van der Waals surface area contributed by atoms with Crippen molar-refractivity contribution in [1.29, 1.82) is 0 Å². The first-order valence-corrected chi connectivity index (χ1v) is 9.85. The van der Waals surface area contributed by atoms with E-state index >= 15 is 0 Å². The molecule has 1 fully saturated rings. The van der Waals surface area contributed by atoms with E-state index in [4.69, 9.17) is 23.2 Å². The zero-order chi connectivity index (χ0) is 20.1. The Balaban J connectivity index is 1.99. The summed E-state index contributed by atoms with van der Waals surface area (Å²) in [6.45, 7) is 0.812. The van der Waals surface area contributed by atoms with E-state index in [1.54, 1.807) is 18.2 Å². The average Bonchev–Trinajstić information content (AvgIpc) is 2.67. The molecule has 4 rings (SSSR count). The van der Waals surface area contributed by atoms with E-state index in [1.165, 1.54) is 6.07 Å². The van der Waals surface area contributed by atoms with Gasteiger partial charge in [-0.2, -0.15) is 13.2 Å². The molecular weight excluding hydrogens is 410 g/mol. The minimum atomic E-state index is -4.46. The van der Waals surface area contributed by atoms with Crippen molar-refractivity contribution in [3.63, 3.8) is 0 Å². The van der Waals surface area contributed by atoms with Gasteiger partial charge in [0, 0.05) is 6.04 Å². The highest BCUT2D eigenvalue weighted by atomic mass is 35.5. The van der Waals surface area contributed by atoms with Crippen LogP contribution in [0.2, 0.25) is 10.0 Å². The van der Waals surface area contributed by atoms with Crippen LogP contribution in [-0.4, -0.2) is 17.7 Å². The highest BCUT2D eigenvalue weighted by molar-refractivity contribution is 6.43. The van der Waals surface area contributed by atoms with Crippen LogP contribution in [-0.2, 0) is 6.18 Å². The van der Waals surface area contributed by atoms with Crippen molar-refractivity contribution >= 4 is 44.7 Å². The van der Waals surface area contributed by atoms with Gasteiger partial charge in [-0.05, 0) is 76.8 Å². The van der Waals surface area contributed by atoms with Crippen LogP contribution in [0.25, 0.3) is 21.5 Å². The fraction of sp³-hybridized carbons (Fsp3) is 0.333. The van der Waals surface area contributed by atoms with E-state index < -0.39 is 17.8 Å². The first kappa shape index (κ1) is 19.8. The number of halogens is 5. The Hall–Kier alpha value is -1.53. The molecule has 1 aliphatic rings. The molecule has 1 saturated heterocycles. The highest BCUT2D eigenvalue weighted by Crippen LogP contribution is 2.40. The predicted molar refractivity (Wildman–Crippen MR) is 107 cm³/mol. The molecule has 0 aromatic heterocycles. The number of aliphatic hydroxyl groups excluding tert-OH is 1. The number of fused-ring (bicyclic) bond motifs is 3. The monoisotopic (exact) mass is 427 g/mol. The number of alkyl halides is 3. The van der Waals surface area contributed by atoms with Gasteiger partial charge in [0.1, 0.15) is 0 Å².